The highest BCUT2D eigenvalue weighted by atomic mass is 14.3. The van der Waals surface area contributed by atoms with Crippen molar-refractivity contribution in [1.82, 2.24) is 0 Å². The molecule has 2 saturated carbocycles. The summed E-state index contributed by atoms with van der Waals surface area (Å²) in [5.74, 6) is 4.27. The van der Waals surface area contributed by atoms with E-state index in [1.54, 1.807) is 12.8 Å². The SMILES string of the molecule is CC.CCC1CCCC2CC(C)CC(C1)C2. The topological polar surface area (TPSA) is 0 Å². The molecule has 0 nitrogen and oxygen atoms in total. The van der Waals surface area contributed by atoms with E-state index in [9.17, 15) is 0 Å². The molecule has 16 heavy (non-hydrogen) atoms. The average molecular weight is 224 g/mol. The lowest BCUT2D eigenvalue weighted by molar-refractivity contribution is 0.144. The van der Waals surface area contributed by atoms with E-state index in [0.717, 1.165) is 23.7 Å². The van der Waals surface area contributed by atoms with Crippen LogP contribution in [0.1, 0.15) is 79.1 Å². The fourth-order valence-electron chi connectivity index (χ4n) is 3.98. The zero-order valence-electron chi connectivity index (χ0n) is 12.0. The van der Waals surface area contributed by atoms with Crippen LogP contribution in [0.25, 0.3) is 0 Å². The van der Waals surface area contributed by atoms with Gasteiger partial charge < -0.3 is 0 Å². The highest BCUT2D eigenvalue weighted by molar-refractivity contribution is 4.81. The minimum atomic E-state index is 1.02. The normalized spacial score (nSPS) is 39.0. The van der Waals surface area contributed by atoms with Crippen molar-refractivity contribution in [1.29, 1.82) is 0 Å². The Labute approximate surface area is 103 Å². The third-order valence-corrected chi connectivity index (χ3v) is 4.61. The number of fused-ring (bicyclic) bond motifs is 2. The Morgan fingerprint density at radius 3 is 2.25 bits per heavy atom. The van der Waals surface area contributed by atoms with Gasteiger partial charge in [0.05, 0.1) is 0 Å². The summed E-state index contributed by atoms with van der Waals surface area (Å²) in [6.07, 6.45) is 12.2. The Morgan fingerprint density at radius 2 is 1.56 bits per heavy atom. The largest absolute Gasteiger partial charge is 0.0683 e. The van der Waals surface area contributed by atoms with E-state index in [0.29, 0.717) is 0 Å². The van der Waals surface area contributed by atoms with Gasteiger partial charge in [-0.1, -0.05) is 53.4 Å². The molecule has 96 valence electrons. The van der Waals surface area contributed by atoms with Gasteiger partial charge in [-0.25, -0.2) is 0 Å². The van der Waals surface area contributed by atoms with E-state index in [-0.39, 0.29) is 0 Å². The predicted octanol–water partition coefficient (Wildman–Crippen LogP) is 5.67. The van der Waals surface area contributed by atoms with Crippen molar-refractivity contribution in [3.05, 3.63) is 0 Å². The van der Waals surface area contributed by atoms with Crippen LogP contribution in [-0.2, 0) is 0 Å². The minimum Gasteiger partial charge on any atom is -0.0683 e. The second-order valence-corrected chi connectivity index (χ2v) is 5.99. The molecule has 0 aromatic heterocycles. The molecule has 0 radical (unpaired) electrons. The highest BCUT2D eigenvalue weighted by Gasteiger charge is 2.29. The summed E-state index contributed by atoms with van der Waals surface area (Å²) >= 11 is 0. The molecule has 0 aliphatic heterocycles. The Bertz CT molecular complexity index is 173. The first-order chi connectivity index (χ1) is 7.78. The first-order valence-corrected chi connectivity index (χ1v) is 7.78. The molecule has 0 heteroatoms. The van der Waals surface area contributed by atoms with Crippen molar-refractivity contribution in [2.24, 2.45) is 23.7 Å². The van der Waals surface area contributed by atoms with E-state index >= 15 is 0 Å². The van der Waals surface area contributed by atoms with Gasteiger partial charge in [0.1, 0.15) is 0 Å². The highest BCUT2D eigenvalue weighted by Crippen LogP contribution is 2.42. The molecular formula is C16H32. The second-order valence-electron chi connectivity index (χ2n) is 5.99. The van der Waals surface area contributed by atoms with Crippen LogP contribution in [0.5, 0.6) is 0 Å². The molecule has 0 saturated heterocycles. The summed E-state index contributed by atoms with van der Waals surface area (Å²) in [6, 6.07) is 0. The summed E-state index contributed by atoms with van der Waals surface area (Å²) in [5, 5.41) is 0. The van der Waals surface area contributed by atoms with Gasteiger partial charge in [-0.05, 0) is 49.4 Å². The molecule has 0 amide bonds. The molecule has 2 aliphatic rings. The molecule has 0 aromatic carbocycles. The summed E-state index contributed by atoms with van der Waals surface area (Å²) in [4.78, 5) is 0. The summed E-state index contributed by atoms with van der Waals surface area (Å²) < 4.78 is 0. The lowest BCUT2D eigenvalue weighted by atomic mass is 9.69. The molecule has 2 bridgehead atoms. The fraction of sp³-hybridized carbons (Fsp3) is 1.00. The van der Waals surface area contributed by atoms with E-state index < -0.39 is 0 Å². The molecule has 2 aliphatic carbocycles. The van der Waals surface area contributed by atoms with Crippen molar-refractivity contribution in [2.75, 3.05) is 0 Å². The second kappa shape index (κ2) is 7.35. The van der Waals surface area contributed by atoms with Crippen LogP contribution in [0.4, 0.5) is 0 Å². The molecule has 2 rings (SSSR count). The van der Waals surface area contributed by atoms with Crippen LogP contribution < -0.4 is 0 Å². The van der Waals surface area contributed by atoms with Gasteiger partial charge >= 0.3 is 0 Å². The fourth-order valence-corrected chi connectivity index (χ4v) is 3.98. The first-order valence-electron chi connectivity index (χ1n) is 7.78. The Balaban J connectivity index is 0.000000606. The van der Waals surface area contributed by atoms with E-state index in [4.69, 9.17) is 0 Å². The zero-order valence-corrected chi connectivity index (χ0v) is 12.0. The molecule has 4 unspecified atom stereocenters. The van der Waals surface area contributed by atoms with Crippen LogP contribution >= 0.6 is 0 Å². The standard InChI is InChI=1S/C14H26.C2H6/c1-3-12-5-4-6-13-7-11(2)8-14(9-12)10-13;1-2/h11-14H,3-10H2,1-2H3;1-2H3. The third kappa shape index (κ3) is 4.11. The smallest absolute Gasteiger partial charge is 0.0406 e. The quantitative estimate of drug-likeness (QED) is 0.538. The predicted molar refractivity (Wildman–Crippen MR) is 73.6 cm³/mol. The Morgan fingerprint density at radius 1 is 0.875 bits per heavy atom. The van der Waals surface area contributed by atoms with Crippen molar-refractivity contribution in [3.63, 3.8) is 0 Å². The van der Waals surface area contributed by atoms with Crippen molar-refractivity contribution in [2.45, 2.75) is 79.1 Å². The summed E-state index contributed by atoms with van der Waals surface area (Å²) in [7, 11) is 0. The van der Waals surface area contributed by atoms with Crippen LogP contribution in [0.2, 0.25) is 0 Å². The molecular weight excluding hydrogens is 192 g/mol. The summed E-state index contributed by atoms with van der Waals surface area (Å²) in [5.41, 5.74) is 0. The van der Waals surface area contributed by atoms with Gasteiger partial charge in [0.25, 0.3) is 0 Å². The molecule has 0 aromatic rings. The van der Waals surface area contributed by atoms with Gasteiger partial charge in [-0.3, -0.25) is 0 Å². The maximum absolute atomic E-state index is 2.47. The lowest BCUT2D eigenvalue weighted by Crippen LogP contribution is -2.25. The molecule has 0 spiro atoms. The molecule has 2 fully saturated rings. The maximum Gasteiger partial charge on any atom is -0.0406 e. The van der Waals surface area contributed by atoms with Crippen molar-refractivity contribution in [3.8, 4) is 0 Å². The maximum atomic E-state index is 2.47. The summed E-state index contributed by atoms with van der Waals surface area (Å²) in [6.45, 7) is 8.86. The van der Waals surface area contributed by atoms with Gasteiger partial charge in [0.15, 0.2) is 0 Å². The molecule has 4 atom stereocenters. The molecule has 0 N–H and O–H groups in total. The van der Waals surface area contributed by atoms with Crippen LogP contribution in [0.3, 0.4) is 0 Å². The van der Waals surface area contributed by atoms with Gasteiger partial charge in [-0.15, -0.1) is 0 Å². The van der Waals surface area contributed by atoms with Gasteiger partial charge in [0, 0.05) is 0 Å². The zero-order chi connectivity index (χ0) is 12.0. The average Bonchev–Trinajstić information content (AvgIpc) is 2.28. The monoisotopic (exact) mass is 224 g/mol. The third-order valence-electron chi connectivity index (χ3n) is 4.61. The van der Waals surface area contributed by atoms with Crippen LogP contribution in [-0.4, -0.2) is 0 Å². The Hall–Kier alpha value is 0. The number of hydrogen-bond donors (Lipinski definition) is 0. The van der Waals surface area contributed by atoms with Crippen LogP contribution in [0, 0.1) is 23.7 Å². The van der Waals surface area contributed by atoms with E-state index in [1.165, 1.54) is 38.5 Å². The van der Waals surface area contributed by atoms with Crippen molar-refractivity contribution < 1.29 is 0 Å². The molecule has 0 heterocycles. The van der Waals surface area contributed by atoms with Gasteiger partial charge in [0.2, 0.25) is 0 Å². The Kier molecular flexibility index (Phi) is 6.46. The lowest BCUT2D eigenvalue weighted by Gasteiger charge is -2.37. The minimum absolute atomic E-state index is 1.02. The number of hydrogen-bond acceptors (Lipinski definition) is 0. The number of rotatable bonds is 1. The van der Waals surface area contributed by atoms with Crippen LogP contribution in [0.15, 0.2) is 0 Å². The van der Waals surface area contributed by atoms with Crippen molar-refractivity contribution >= 4 is 0 Å². The van der Waals surface area contributed by atoms with E-state index in [1.807, 2.05) is 13.8 Å². The van der Waals surface area contributed by atoms with E-state index in [2.05, 4.69) is 13.8 Å². The first kappa shape index (κ1) is 14.1. The van der Waals surface area contributed by atoms with Gasteiger partial charge in [-0.2, -0.15) is 0 Å².